The molecule has 12 aromatic rings. The summed E-state index contributed by atoms with van der Waals surface area (Å²) in [5.74, 6) is 0. The predicted molar refractivity (Wildman–Crippen MR) is 294 cm³/mol. The molecule has 70 heavy (non-hydrogen) atoms. The molecule has 0 saturated carbocycles. The number of anilines is 3. The van der Waals surface area contributed by atoms with E-state index < -0.39 is 10.8 Å². The fraction of sp³-hybridized carbons (Fsp3) is 0.0294. The minimum absolute atomic E-state index is 0.564. The van der Waals surface area contributed by atoms with Crippen LogP contribution < -0.4 is 4.90 Å². The Morgan fingerprint density at radius 3 is 1.30 bits per heavy atom. The maximum absolute atomic E-state index is 2.51. The van der Waals surface area contributed by atoms with Crippen LogP contribution in [0.4, 0.5) is 17.1 Å². The second kappa shape index (κ2) is 16.0. The van der Waals surface area contributed by atoms with Crippen molar-refractivity contribution in [1.82, 2.24) is 0 Å². The average molecular weight is 908 g/mol. The van der Waals surface area contributed by atoms with Crippen molar-refractivity contribution in [2.24, 2.45) is 0 Å². The standard InChI is InChI=1S/C68H45NS/c1-4-18-46(19-5-1)47-32-37-52(38-33-47)69(53-39-34-48(35-40-53)49-36-43-66-58(44-49)57-25-11-17-31-65(57)70-66)54-41-42-56-55-24-10-12-26-59(55)68(64(56)45-54)62-29-15-13-27-60(62)67(50-20-6-2-7-21-50,51-22-8-3-9-23-51)61-28-14-16-30-63(61)68/h1-45H. The van der Waals surface area contributed by atoms with Crippen molar-refractivity contribution in [3.8, 4) is 33.4 Å². The highest BCUT2D eigenvalue weighted by molar-refractivity contribution is 7.25. The van der Waals surface area contributed by atoms with Gasteiger partial charge in [0.1, 0.15) is 0 Å². The third-order valence-corrected chi connectivity index (χ3v) is 16.4. The van der Waals surface area contributed by atoms with E-state index in [1.807, 2.05) is 11.3 Å². The molecule has 14 rings (SSSR count). The van der Waals surface area contributed by atoms with Gasteiger partial charge in [-0.3, -0.25) is 0 Å². The van der Waals surface area contributed by atoms with E-state index in [1.54, 1.807) is 0 Å². The highest BCUT2D eigenvalue weighted by Gasteiger charge is 2.56. The van der Waals surface area contributed by atoms with Crippen molar-refractivity contribution >= 4 is 48.6 Å². The molecule has 0 radical (unpaired) electrons. The smallest absolute Gasteiger partial charge is 0.0720 e. The van der Waals surface area contributed by atoms with Crippen molar-refractivity contribution < 1.29 is 0 Å². The van der Waals surface area contributed by atoms with Crippen LogP contribution in [0.15, 0.2) is 273 Å². The average Bonchev–Trinajstić information content (AvgIpc) is 3.96. The van der Waals surface area contributed by atoms with Crippen LogP contribution in [0.1, 0.15) is 44.5 Å². The third kappa shape index (κ3) is 5.90. The molecule has 328 valence electrons. The molecule has 0 N–H and O–H groups in total. The fourth-order valence-electron chi connectivity index (χ4n) is 12.3. The molecule has 11 aromatic carbocycles. The van der Waals surface area contributed by atoms with Gasteiger partial charge in [-0.2, -0.15) is 0 Å². The Labute approximate surface area is 412 Å². The van der Waals surface area contributed by atoms with E-state index in [2.05, 4.69) is 278 Å². The maximum atomic E-state index is 2.51. The van der Waals surface area contributed by atoms with Crippen LogP contribution in [0.2, 0.25) is 0 Å². The van der Waals surface area contributed by atoms with Crippen LogP contribution in [0.3, 0.4) is 0 Å². The SMILES string of the molecule is c1ccc(-c2ccc(N(c3ccc(-c4ccc5sc6ccccc6c5c4)cc3)c3ccc4c(c3)C3(c5ccccc5-4)c4ccccc4C(c4ccccc4)(c4ccccc4)c4ccccc43)cc2)cc1. The molecule has 0 fully saturated rings. The van der Waals surface area contributed by atoms with Gasteiger partial charge in [0.25, 0.3) is 0 Å². The molecule has 0 atom stereocenters. The Bertz CT molecular complexity index is 3840. The zero-order valence-electron chi connectivity index (χ0n) is 38.3. The molecule has 1 aromatic heterocycles. The van der Waals surface area contributed by atoms with E-state index in [0.717, 1.165) is 17.1 Å². The second-order valence-corrected chi connectivity index (χ2v) is 19.8. The van der Waals surface area contributed by atoms with Crippen molar-refractivity contribution in [1.29, 1.82) is 0 Å². The number of benzene rings is 11. The van der Waals surface area contributed by atoms with Crippen LogP contribution in [0.5, 0.6) is 0 Å². The number of hydrogen-bond acceptors (Lipinski definition) is 2. The highest BCUT2D eigenvalue weighted by atomic mass is 32.1. The monoisotopic (exact) mass is 907 g/mol. The zero-order chi connectivity index (χ0) is 46.2. The number of fused-ring (bicyclic) bond motifs is 12. The fourth-order valence-corrected chi connectivity index (χ4v) is 13.4. The van der Waals surface area contributed by atoms with E-state index >= 15 is 0 Å². The van der Waals surface area contributed by atoms with Crippen LogP contribution in [-0.2, 0) is 10.8 Å². The number of hydrogen-bond donors (Lipinski definition) is 0. The minimum Gasteiger partial charge on any atom is -0.310 e. The molecular formula is C68H45NS. The normalized spacial score (nSPS) is 13.7. The molecule has 2 aliphatic rings. The van der Waals surface area contributed by atoms with Crippen molar-refractivity contribution in [2.75, 3.05) is 4.90 Å². The Morgan fingerprint density at radius 2 is 0.686 bits per heavy atom. The molecular weight excluding hydrogens is 863 g/mol. The third-order valence-electron chi connectivity index (χ3n) is 15.2. The first kappa shape index (κ1) is 40.5. The largest absolute Gasteiger partial charge is 0.310 e. The van der Waals surface area contributed by atoms with Crippen LogP contribution in [-0.4, -0.2) is 0 Å². The lowest BCUT2D eigenvalue weighted by atomic mass is 9.51. The molecule has 2 aliphatic carbocycles. The summed E-state index contributed by atoms with van der Waals surface area (Å²) in [5.41, 5.74) is 19.8. The van der Waals surface area contributed by atoms with Gasteiger partial charge in [-0.15, -0.1) is 11.3 Å². The summed E-state index contributed by atoms with van der Waals surface area (Å²) in [6, 6.07) is 102. The zero-order valence-corrected chi connectivity index (χ0v) is 39.2. The molecule has 1 spiro atoms. The first-order valence-electron chi connectivity index (χ1n) is 24.2. The van der Waals surface area contributed by atoms with Gasteiger partial charge in [0.05, 0.1) is 10.8 Å². The van der Waals surface area contributed by atoms with Gasteiger partial charge in [0, 0.05) is 37.2 Å². The van der Waals surface area contributed by atoms with Gasteiger partial charge in [0.15, 0.2) is 0 Å². The van der Waals surface area contributed by atoms with Gasteiger partial charge >= 0.3 is 0 Å². The minimum atomic E-state index is -0.612. The molecule has 0 aliphatic heterocycles. The Balaban J connectivity index is 0.989. The van der Waals surface area contributed by atoms with Gasteiger partial charge in [-0.25, -0.2) is 0 Å². The van der Waals surface area contributed by atoms with Crippen molar-refractivity contribution in [3.05, 3.63) is 317 Å². The summed E-state index contributed by atoms with van der Waals surface area (Å²) in [4.78, 5) is 2.45. The first-order chi connectivity index (χ1) is 34.7. The molecule has 0 unspecified atom stereocenters. The lowest BCUT2D eigenvalue weighted by molar-refractivity contribution is 0.623. The van der Waals surface area contributed by atoms with E-state index in [0.29, 0.717) is 0 Å². The number of rotatable bonds is 7. The molecule has 1 heterocycles. The Hall–Kier alpha value is -8.56. The molecule has 0 bridgehead atoms. The molecule has 2 heteroatoms. The van der Waals surface area contributed by atoms with E-state index in [9.17, 15) is 0 Å². The van der Waals surface area contributed by atoms with Gasteiger partial charge in [-0.05, 0) is 132 Å². The van der Waals surface area contributed by atoms with Gasteiger partial charge in [0.2, 0.25) is 0 Å². The molecule has 0 amide bonds. The lowest BCUT2D eigenvalue weighted by Crippen LogP contribution is -2.44. The van der Waals surface area contributed by atoms with Crippen LogP contribution >= 0.6 is 11.3 Å². The van der Waals surface area contributed by atoms with Crippen LogP contribution in [0, 0.1) is 0 Å². The van der Waals surface area contributed by atoms with E-state index in [-0.39, 0.29) is 0 Å². The van der Waals surface area contributed by atoms with Crippen molar-refractivity contribution in [3.63, 3.8) is 0 Å². The highest BCUT2D eigenvalue weighted by Crippen LogP contribution is 2.65. The topological polar surface area (TPSA) is 3.24 Å². The molecule has 1 nitrogen and oxygen atoms in total. The second-order valence-electron chi connectivity index (χ2n) is 18.7. The number of thiophene rings is 1. The lowest BCUT2D eigenvalue weighted by Gasteiger charge is -2.50. The summed E-state index contributed by atoms with van der Waals surface area (Å²) in [5, 5.41) is 2.63. The Kier molecular flexibility index (Phi) is 9.27. The van der Waals surface area contributed by atoms with Crippen molar-refractivity contribution in [2.45, 2.75) is 10.8 Å². The van der Waals surface area contributed by atoms with Gasteiger partial charge < -0.3 is 4.90 Å². The van der Waals surface area contributed by atoms with E-state index in [4.69, 9.17) is 0 Å². The quantitative estimate of drug-likeness (QED) is 0.154. The van der Waals surface area contributed by atoms with E-state index in [1.165, 1.54) is 98.1 Å². The Morgan fingerprint density at radius 1 is 0.257 bits per heavy atom. The summed E-state index contributed by atoms with van der Waals surface area (Å²) in [7, 11) is 0. The number of nitrogens with zero attached hydrogens (tertiary/aromatic N) is 1. The molecule has 0 saturated heterocycles. The summed E-state index contributed by atoms with van der Waals surface area (Å²) >= 11 is 1.86. The summed E-state index contributed by atoms with van der Waals surface area (Å²) < 4.78 is 2.64. The summed E-state index contributed by atoms with van der Waals surface area (Å²) in [6.45, 7) is 0. The summed E-state index contributed by atoms with van der Waals surface area (Å²) in [6.07, 6.45) is 0. The van der Waals surface area contributed by atoms with Gasteiger partial charge in [-0.1, -0.05) is 218 Å². The van der Waals surface area contributed by atoms with Crippen LogP contribution in [0.25, 0.3) is 53.6 Å². The predicted octanol–water partition coefficient (Wildman–Crippen LogP) is 17.9. The first-order valence-corrected chi connectivity index (χ1v) is 25.1. The maximum Gasteiger partial charge on any atom is 0.0720 e.